The third-order valence-corrected chi connectivity index (χ3v) is 3.30. The SMILES string of the molecule is O=c1c2c(C(F)(F)F)cccc2ncn1CCc1ncc[nH]1. The molecule has 0 aliphatic heterocycles. The lowest BCUT2D eigenvalue weighted by Crippen LogP contribution is -2.24. The lowest BCUT2D eigenvalue weighted by molar-refractivity contribution is -0.136. The van der Waals surface area contributed by atoms with Crippen molar-refractivity contribution in [2.24, 2.45) is 0 Å². The van der Waals surface area contributed by atoms with Crippen LogP contribution < -0.4 is 5.56 Å². The van der Waals surface area contributed by atoms with E-state index in [0.29, 0.717) is 12.2 Å². The zero-order valence-corrected chi connectivity index (χ0v) is 11.3. The number of aromatic nitrogens is 4. The van der Waals surface area contributed by atoms with E-state index in [2.05, 4.69) is 15.0 Å². The maximum Gasteiger partial charge on any atom is 0.417 e. The standard InChI is InChI=1S/C14H11F3N4O/c15-14(16,17)9-2-1-3-10-12(9)13(22)21(8-20-10)7-4-11-18-5-6-19-11/h1-3,5-6,8H,4,7H2,(H,18,19). The van der Waals surface area contributed by atoms with Gasteiger partial charge in [-0.15, -0.1) is 0 Å². The van der Waals surface area contributed by atoms with Crippen LogP contribution in [0.25, 0.3) is 10.9 Å². The molecule has 3 rings (SSSR count). The van der Waals surface area contributed by atoms with Crippen molar-refractivity contribution in [1.82, 2.24) is 19.5 Å². The fourth-order valence-corrected chi connectivity index (χ4v) is 2.26. The lowest BCUT2D eigenvalue weighted by atomic mass is 10.1. The van der Waals surface area contributed by atoms with E-state index >= 15 is 0 Å². The third-order valence-electron chi connectivity index (χ3n) is 3.30. The minimum absolute atomic E-state index is 0.0362. The summed E-state index contributed by atoms with van der Waals surface area (Å²) in [5.41, 5.74) is -1.63. The number of hydrogen-bond acceptors (Lipinski definition) is 3. The Morgan fingerprint density at radius 1 is 1.23 bits per heavy atom. The highest BCUT2D eigenvalue weighted by molar-refractivity contribution is 5.81. The van der Waals surface area contributed by atoms with Crippen molar-refractivity contribution in [2.45, 2.75) is 19.1 Å². The van der Waals surface area contributed by atoms with Gasteiger partial charge in [-0.25, -0.2) is 9.97 Å². The van der Waals surface area contributed by atoms with Gasteiger partial charge in [0.25, 0.3) is 5.56 Å². The summed E-state index contributed by atoms with van der Waals surface area (Å²) in [4.78, 5) is 23.2. The summed E-state index contributed by atoms with van der Waals surface area (Å²) < 4.78 is 40.3. The number of imidazole rings is 1. The van der Waals surface area contributed by atoms with Crippen LogP contribution in [-0.2, 0) is 19.1 Å². The third kappa shape index (κ3) is 2.59. The van der Waals surface area contributed by atoms with Gasteiger partial charge in [-0.05, 0) is 12.1 Å². The number of H-pyrrole nitrogens is 1. The minimum Gasteiger partial charge on any atom is -0.349 e. The van der Waals surface area contributed by atoms with Crippen LogP contribution in [0.15, 0.2) is 41.7 Å². The number of aromatic amines is 1. The van der Waals surface area contributed by atoms with Crippen LogP contribution in [0.3, 0.4) is 0 Å². The Labute approximate surface area is 122 Å². The molecule has 2 heterocycles. The number of nitrogens with zero attached hydrogens (tertiary/aromatic N) is 3. The van der Waals surface area contributed by atoms with Gasteiger partial charge in [0.15, 0.2) is 0 Å². The van der Waals surface area contributed by atoms with Crippen molar-refractivity contribution in [1.29, 1.82) is 0 Å². The highest BCUT2D eigenvalue weighted by Gasteiger charge is 2.33. The van der Waals surface area contributed by atoms with Gasteiger partial charge in [-0.2, -0.15) is 13.2 Å². The van der Waals surface area contributed by atoms with E-state index in [4.69, 9.17) is 0 Å². The Balaban J connectivity index is 2.06. The molecule has 1 aromatic carbocycles. The number of fused-ring (bicyclic) bond motifs is 1. The Morgan fingerprint density at radius 2 is 2.05 bits per heavy atom. The molecule has 0 aliphatic rings. The molecule has 2 aromatic heterocycles. The summed E-state index contributed by atoms with van der Waals surface area (Å²) in [6, 6.07) is 3.52. The molecular weight excluding hydrogens is 297 g/mol. The van der Waals surface area contributed by atoms with E-state index in [1.54, 1.807) is 12.4 Å². The van der Waals surface area contributed by atoms with Crippen molar-refractivity contribution in [3.05, 3.63) is 58.7 Å². The second-order valence-corrected chi connectivity index (χ2v) is 4.73. The number of hydrogen-bond donors (Lipinski definition) is 1. The number of benzene rings is 1. The van der Waals surface area contributed by atoms with E-state index in [0.717, 1.165) is 6.07 Å². The van der Waals surface area contributed by atoms with Crippen molar-refractivity contribution in [2.75, 3.05) is 0 Å². The quantitative estimate of drug-likeness (QED) is 0.808. The molecule has 0 radical (unpaired) electrons. The molecule has 0 fully saturated rings. The first-order chi connectivity index (χ1) is 10.5. The predicted molar refractivity (Wildman–Crippen MR) is 73.3 cm³/mol. The Bertz CT molecular complexity index is 853. The molecule has 0 unspecified atom stereocenters. The number of nitrogens with one attached hydrogen (secondary N) is 1. The molecule has 0 amide bonds. The molecule has 22 heavy (non-hydrogen) atoms. The lowest BCUT2D eigenvalue weighted by Gasteiger charge is -2.11. The summed E-state index contributed by atoms with van der Waals surface area (Å²) in [5, 5.41) is -0.406. The van der Waals surface area contributed by atoms with Gasteiger partial charge in [-0.3, -0.25) is 9.36 Å². The van der Waals surface area contributed by atoms with E-state index in [-0.39, 0.29) is 12.1 Å². The molecule has 0 spiro atoms. The topological polar surface area (TPSA) is 63.6 Å². The minimum atomic E-state index is -4.60. The van der Waals surface area contributed by atoms with E-state index in [1.165, 1.54) is 23.0 Å². The molecule has 3 aromatic rings. The monoisotopic (exact) mass is 308 g/mol. The van der Waals surface area contributed by atoms with Gasteiger partial charge in [-0.1, -0.05) is 6.07 Å². The number of rotatable bonds is 3. The molecule has 1 N–H and O–H groups in total. The molecule has 114 valence electrons. The highest BCUT2D eigenvalue weighted by atomic mass is 19.4. The van der Waals surface area contributed by atoms with Crippen molar-refractivity contribution >= 4 is 10.9 Å². The van der Waals surface area contributed by atoms with Crippen LogP contribution in [0, 0.1) is 0 Å². The predicted octanol–water partition coefficient (Wildman–Crippen LogP) is 2.38. The second kappa shape index (κ2) is 5.28. The highest BCUT2D eigenvalue weighted by Crippen LogP contribution is 2.32. The number of aryl methyl sites for hydroxylation is 2. The Morgan fingerprint density at radius 3 is 2.73 bits per heavy atom. The van der Waals surface area contributed by atoms with Crippen LogP contribution in [-0.4, -0.2) is 19.5 Å². The summed E-state index contributed by atoms with van der Waals surface area (Å²) >= 11 is 0. The molecule has 0 atom stereocenters. The smallest absolute Gasteiger partial charge is 0.349 e. The molecule has 0 saturated heterocycles. The van der Waals surface area contributed by atoms with Crippen LogP contribution in [0.2, 0.25) is 0 Å². The maximum atomic E-state index is 13.0. The van der Waals surface area contributed by atoms with Gasteiger partial charge in [0.05, 0.1) is 22.8 Å². The zero-order valence-electron chi connectivity index (χ0n) is 11.3. The van der Waals surface area contributed by atoms with Crippen LogP contribution in [0.1, 0.15) is 11.4 Å². The van der Waals surface area contributed by atoms with Gasteiger partial charge in [0.1, 0.15) is 5.82 Å². The fourth-order valence-electron chi connectivity index (χ4n) is 2.26. The molecule has 0 saturated carbocycles. The summed E-state index contributed by atoms with van der Waals surface area (Å²) in [5.74, 6) is 0.649. The van der Waals surface area contributed by atoms with Crippen LogP contribution >= 0.6 is 0 Å². The summed E-state index contributed by atoms with van der Waals surface area (Å²) in [7, 11) is 0. The fraction of sp³-hybridized carbons (Fsp3) is 0.214. The molecule has 0 bridgehead atoms. The largest absolute Gasteiger partial charge is 0.417 e. The Kier molecular flexibility index (Phi) is 3.44. The van der Waals surface area contributed by atoms with Gasteiger partial charge in [0, 0.05) is 25.4 Å². The van der Waals surface area contributed by atoms with Crippen molar-refractivity contribution < 1.29 is 13.2 Å². The normalized spacial score (nSPS) is 12.0. The first kappa shape index (κ1) is 14.3. The number of alkyl halides is 3. The molecule has 5 nitrogen and oxygen atoms in total. The first-order valence-electron chi connectivity index (χ1n) is 6.50. The molecule has 8 heteroatoms. The average Bonchev–Trinajstić information content (AvgIpc) is 2.98. The summed E-state index contributed by atoms with van der Waals surface area (Å²) in [6.07, 6.45) is 0.263. The second-order valence-electron chi connectivity index (χ2n) is 4.73. The van der Waals surface area contributed by atoms with Gasteiger partial charge in [0.2, 0.25) is 0 Å². The van der Waals surface area contributed by atoms with Crippen LogP contribution in [0.5, 0.6) is 0 Å². The van der Waals surface area contributed by atoms with E-state index in [1.807, 2.05) is 0 Å². The zero-order chi connectivity index (χ0) is 15.7. The first-order valence-corrected chi connectivity index (χ1v) is 6.50. The van der Waals surface area contributed by atoms with Gasteiger partial charge < -0.3 is 4.98 Å². The molecular formula is C14H11F3N4O. The Hall–Kier alpha value is -2.64. The number of halogens is 3. The van der Waals surface area contributed by atoms with Crippen molar-refractivity contribution in [3.8, 4) is 0 Å². The van der Waals surface area contributed by atoms with Crippen LogP contribution in [0.4, 0.5) is 13.2 Å². The summed E-state index contributed by atoms with van der Waals surface area (Å²) in [6.45, 7) is 0.196. The molecule has 0 aliphatic carbocycles. The maximum absolute atomic E-state index is 13.0. The van der Waals surface area contributed by atoms with Gasteiger partial charge >= 0.3 is 6.18 Å². The average molecular weight is 308 g/mol. The van der Waals surface area contributed by atoms with E-state index < -0.39 is 22.7 Å². The van der Waals surface area contributed by atoms with E-state index in [9.17, 15) is 18.0 Å². The van der Waals surface area contributed by atoms with Crippen molar-refractivity contribution in [3.63, 3.8) is 0 Å².